The van der Waals surface area contributed by atoms with Crippen LogP contribution in [0.25, 0.3) is 10.9 Å². The van der Waals surface area contributed by atoms with Crippen LogP contribution in [0.5, 0.6) is 0 Å². The number of benzene rings is 1. The lowest BCUT2D eigenvalue weighted by Crippen LogP contribution is -2.19. The molecule has 0 bridgehead atoms. The number of unbranched alkanes of at least 4 members (excludes halogenated alkanes) is 1. The van der Waals surface area contributed by atoms with E-state index in [2.05, 4.69) is 12.2 Å². The van der Waals surface area contributed by atoms with Gasteiger partial charge in [0.2, 0.25) is 5.91 Å². The number of hydrogen-bond donors (Lipinski definition) is 2. The number of aryl methyl sites for hydroxylation is 2. The molecule has 0 aliphatic carbocycles. The van der Waals surface area contributed by atoms with E-state index in [1.54, 1.807) is 24.7 Å². The molecule has 24 heavy (non-hydrogen) atoms. The lowest BCUT2D eigenvalue weighted by atomic mass is 10.1. The van der Waals surface area contributed by atoms with E-state index in [4.69, 9.17) is 5.73 Å². The van der Waals surface area contributed by atoms with Crippen molar-refractivity contribution in [2.24, 2.45) is 7.05 Å². The van der Waals surface area contributed by atoms with E-state index < -0.39 is 0 Å². The minimum Gasteiger partial charge on any atom is -0.399 e. The lowest BCUT2D eigenvalue weighted by Gasteiger charge is -2.06. The van der Waals surface area contributed by atoms with Gasteiger partial charge in [-0.1, -0.05) is 27.2 Å². The van der Waals surface area contributed by atoms with Crippen molar-refractivity contribution in [2.75, 3.05) is 12.8 Å². The van der Waals surface area contributed by atoms with Gasteiger partial charge in [0.25, 0.3) is 5.56 Å². The van der Waals surface area contributed by atoms with E-state index in [0.717, 1.165) is 35.0 Å². The predicted octanol–water partition coefficient (Wildman–Crippen LogP) is 3.38. The van der Waals surface area contributed by atoms with Gasteiger partial charge in [-0.05, 0) is 37.6 Å². The third-order valence-corrected chi connectivity index (χ3v) is 3.46. The number of amides is 1. The molecule has 5 heteroatoms. The zero-order valence-electron chi connectivity index (χ0n) is 15.8. The Balaban J connectivity index is 0.000000456. The van der Waals surface area contributed by atoms with Gasteiger partial charge in [-0.3, -0.25) is 9.59 Å². The summed E-state index contributed by atoms with van der Waals surface area (Å²) in [7, 11) is 3.44. The quantitative estimate of drug-likeness (QED) is 0.845. The minimum atomic E-state index is 0.0438. The van der Waals surface area contributed by atoms with Gasteiger partial charge >= 0.3 is 0 Å². The van der Waals surface area contributed by atoms with Gasteiger partial charge in [-0.15, -0.1) is 0 Å². The molecule has 0 fully saturated rings. The Kier molecular flexibility index (Phi) is 10.2. The SMILES string of the molecule is CC.CCCCC(=O)NC.Cc1cc2cc(N)ccc2n(C)c1=O. The van der Waals surface area contributed by atoms with Crippen molar-refractivity contribution in [1.82, 2.24) is 9.88 Å². The highest BCUT2D eigenvalue weighted by Crippen LogP contribution is 2.15. The molecule has 5 nitrogen and oxygen atoms in total. The molecule has 1 aromatic heterocycles. The topological polar surface area (TPSA) is 77.1 Å². The van der Waals surface area contributed by atoms with Crippen LogP contribution in [0.15, 0.2) is 29.1 Å². The maximum atomic E-state index is 11.6. The number of nitrogens with one attached hydrogen (secondary N) is 1. The fraction of sp³-hybridized carbons (Fsp3) is 0.474. The van der Waals surface area contributed by atoms with Crippen molar-refractivity contribution in [3.05, 3.63) is 40.2 Å². The third kappa shape index (κ3) is 6.44. The first-order valence-electron chi connectivity index (χ1n) is 8.47. The minimum absolute atomic E-state index is 0.0438. The van der Waals surface area contributed by atoms with Gasteiger partial charge in [0.05, 0.1) is 5.52 Å². The van der Waals surface area contributed by atoms with Crippen LogP contribution < -0.4 is 16.6 Å². The van der Waals surface area contributed by atoms with Crippen LogP contribution in [0.4, 0.5) is 5.69 Å². The van der Waals surface area contributed by atoms with Gasteiger partial charge in [-0.25, -0.2) is 0 Å². The highest BCUT2D eigenvalue weighted by atomic mass is 16.1. The number of pyridine rings is 1. The summed E-state index contributed by atoms with van der Waals surface area (Å²) in [6, 6.07) is 7.42. The molecule has 0 saturated carbocycles. The number of fused-ring (bicyclic) bond motifs is 1. The molecular weight excluding hydrogens is 302 g/mol. The Hall–Kier alpha value is -2.30. The second kappa shape index (κ2) is 11.3. The second-order valence-corrected chi connectivity index (χ2v) is 5.29. The molecule has 0 radical (unpaired) electrons. The van der Waals surface area contributed by atoms with Crippen LogP contribution in [-0.2, 0) is 11.8 Å². The summed E-state index contributed by atoms with van der Waals surface area (Å²) in [6.07, 6.45) is 2.76. The molecule has 134 valence electrons. The number of nitrogens with two attached hydrogens (primary N) is 1. The number of carbonyl (C=O) groups excluding carboxylic acids is 1. The average Bonchev–Trinajstić information content (AvgIpc) is 2.59. The summed E-state index contributed by atoms with van der Waals surface area (Å²) in [5.41, 5.74) is 8.09. The van der Waals surface area contributed by atoms with E-state index >= 15 is 0 Å². The summed E-state index contributed by atoms with van der Waals surface area (Å²) < 4.78 is 1.64. The molecule has 0 aliphatic rings. The Morgan fingerprint density at radius 2 is 1.88 bits per heavy atom. The molecule has 0 atom stereocenters. The third-order valence-electron chi connectivity index (χ3n) is 3.46. The number of aromatic nitrogens is 1. The first-order valence-corrected chi connectivity index (χ1v) is 8.47. The number of nitrogens with zero attached hydrogens (tertiary/aromatic N) is 1. The maximum Gasteiger partial charge on any atom is 0.253 e. The summed E-state index contributed by atoms with van der Waals surface area (Å²) in [6.45, 7) is 7.88. The van der Waals surface area contributed by atoms with Crippen LogP contribution in [0, 0.1) is 6.92 Å². The molecule has 3 N–H and O–H groups in total. The monoisotopic (exact) mass is 333 g/mol. The van der Waals surface area contributed by atoms with E-state index in [9.17, 15) is 9.59 Å². The Morgan fingerprint density at radius 3 is 2.42 bits per heavy atom. The van der Waals surface area contributed by atoms with Crippen molar-refractivity contribution in [3.63, 3.8) is 0 Å². The van der Waals surface area contributed by atoms with Crippen LogP contribution in [0.1, 0.15) is 45.6 Å². The molecule has 0 aliphatic heterocycles. The zero-order chi connectivity index (χ0) is 18.7. The number of rotatable bonds is 3. The van der Waals surface area contributed by atoms with Crippen LogP contribution >= 0.6 is 0 Å². The second-order valence-electron chi connectivity index (χ2n) is 5.29. The maximum absolute atomic E-state index is 11.6. The van der Waals surface area contributed by atoms with Crippen LogP contribution in [-0.4, -0.2) is 17.5 Å². The molecule has 0 unspecified atom stereocenters. The molecule has 0 spiro atoms. The van der Waals surface area contributed by atoms with Crippen LogP contribution in [0.2, 0.25) is 0 Å². The fourth-order valence-electron chi connectivity index (χ4n) is 2.13. The highest BCUT2D eigenvalue weighted by Gasteiger charge is 2.02. The van der Waals surface area contributed by atoms with Gasteiger partial charge in [0.1, 0.15) is 0 Å². The largest absolute Gasteiger partial charge is 0.399 e. The summed E-state index contributed by atoms with van der Waals surface area (Å²) in [5.74, 6) is 0.145. The van der Waals surface area contributed by atoms with Crippen molar-refractivity contribution < 1.29 is 4.79 Å². The molecule has 1 amide bonds. The number of anilines is 1. The summed E-state index contributed by atoms with van der Waals surface area (Å²) in [5, 5.41) is 3.57. The van der Waals surface area contributed by atoms with Crippen LogP contribution in [0.3, 0.4) is 0 Å². The standard InChI is InChI=1S/C11H12N2O.C6H13NO.C2H6/c1-7-5-8-6-9(12)3-4-10(8)13(2)11(7)14;1-3-4-5-6(8)7-2;1-2/h3-6H,12H2,1-2H3;3-5H2,1-2H3,(H,7,8);1-2H3. The molecule has 2 aromatic rings. The van der Waals surface area contributed by atoms with Gasteiger partial charge in [0.15, 0.2) is 0 Å². The molecular formula is C19H31N3O2. The molecule has 2 rings (SSSR count). The lowest BCUT2D eigenvalue weighted by molar-refractivity contribution is -0.120. The highest BCUT2D eigenvalue weighted by molar-refractivity contribution is 5.82. The Labute approximate surface area is 144 Å². The van der Waals surface area contributed by atoms with Gasteiger partial charge in [0, 0.05) is 37.2 Å². The fourth-order valence-corrected chi connectivity index (χ4v) is 2.13. The first kappa shape index (κ1) is 21.7. The van der Waals surface area contributed by atoms with E-state index in [1.807, 2.05) is 39.0 Å². The number of carbonyl (C=O) groups is 1. The van der Waals surface area contributed by atoms with Gasteiger partial charge < -0.3 is 15.6 Å². The van der Waals surface area contributed by atoms with E-state index in [1.165, 1.54) is 0 Å². The Morgan fingerprint density at radius 1 is 1.25 bits per heavy atom. The number of hydrogen-bond acceptors (Lipinski definition) is 3. The smallest absolute Gasteiger partial charge is 0.253 e. The van der Waals surface area contributed by atoms with Gasteiger partial charge in [-0.2, -0.15) is 0 Å². The van der Waals surface area contributed by atoms with Crippen molar-refractivity contribution in [1.29, 1.82) is 0 Å². The van der Waals surface area contributed by atoms with Crippen molar-refractivity contribution in [3.8, 4) is 0 Å². The molecule has 1 aromatic carbocycles. The zero-order valence-corrected chi connectivity index (χ0v) is 15.8. The molecule has 1 heterocycles. The van der Waals surface area contributed by atoms with Crippen molar-refractivity contribution >= 4 is 22.5 Å². The normalized spacial score (nSPS) is 9.42. The summed E-state index contributed by atoms with van der Waals surface area (Å²) in [4.78, 5) is 22.1. The number of nitrogen functional groups attached to an aromatic ring is 1. The Bertz CT molecular complexity index is 706. The van der Waals surface area contributed by atoms with E-state index in [-0.39, 0.29) is 11.5 Å². The summed E-state index contributed by atoms with van der Waals surface area (Å²) >= 11 is 0. The average molecular weight is 333 g/mol. The first-order chi connectivity index (χ1) is 11.4. The molecule has 0 saturated heterocycles. The van der Waals surface area contributed by atoms with E-state index in [0.29, 0.717) is 6.42 Å². The van der Waals surface area contributed by atoms with Crippen molar-refractivity contribution in [2.45, 2.75) is 47.0 Å². The predicted molar refractivity (Wildman–Crippen MR) is 103 cm³/mol.